The number of rotatable bonds is 6. The van der Waals surface area contributed by atoms with Crippen molar-refractivity contribution >= 4 is 6.03 Å². The Kier molecular flexibility index (Phi) is 5.74. The van der Waals surface area contributed by atoms with E-state index < -0.39 is 11.6 Å². The first-order valence-corrected chi connectivity index (χ1v) is 6.86. The molecule has 0 aliphatic carbocycles. The van der Waals surface area contributed by atoms with E-state index in [9.17, 15) is 13.6 Å². The molecule has 1 aromatic carbocycles. The zero-order valence-electron chi connectivity index (χ0n) is 11.5. The quantitative estimate of drug-likeness (QED) is 0.788. The van der Waals surface area contributed by atoms with Crippen LogP contribution < -0.4 is 15.4 Å². The zero-order chi connectivity index (χ0) is 15.1. The Morgan fingerprint density at radius 1 is 1.33 bits per heavy atom. The maximum atomic E-state index is 12.9. The summed E-state index contributed by atoms with van der Waals surface area (Å²) in [4.78, 5) is 11.5. The summed E-state index contributed by atoms with van der Waals surface area (Å²) in [6.07, 6.45) is 2.07. The molecule has 1 fully saturated rings. The van der Waals surface area contributed by atoms with Gasteiger partial charge in [0, 0.05) is 19.2 Å². The maximum Gasteiger partial charge on any atom is 0.315 e. The third kappa shape index (κ3) is 5.18. The largest absolute Gasteiger partial charge is 0.492 e. The molecule has 1 aliphatic heterocycles. The van der Waals surface area contributed by atoms with E-state index in [1.807, 2.05) is 0 Å². The third-order valence-electron chi connectivity index (χ3n) is 3.06. The van der Waals surface area contributed by atoms with Gasteiger partial charge >= 0.3 is 6.03 Å². The number of nitrogens with one attached hydrogen (secondary N) is 2. The number of urea groups is 1. The second-order valence-corrected chi connectivity index (χ2v) is 4.70. The van der Waals surface area contributed by atoms with Gasteiger partial charge in [0.25, 0.3) is 0 Å². The lowest BCUT2D eigenvalue weighted by atomic mass is 10.2. The van der Waals surface area contributed by atoms with Crippen molar-refractivity contribution < 1.29 is 23.0 Å². The Balaban J connectivity index is 1.58. The van der Waals surface area contributed by atoms with Gasteiger partial charge in [0.1, 0.15) is 12.4 Å². The van der Waals surface area contributed by atoms with Crippen LogP contribution in [0.4, 0.5) is 13.6 Å². The normalized spacial score (nSPS) is 17.5. The van der Waals surface area contributed by atoms with E-state index in [-0.39, 0.29) is 31.0 Å². The van der Waals surface area contributed by atoms with E-state index in [4.69, 9.17) is 9.47 Å². The van der Waals surface area contributed by atoms with Crippen molar-refractivity contribution in [2.75, 3.05) is 26.3 Å². The molecule has 1 atom stereocenters. The summed E-state index contributed by atoms with van der Waals surface area (Å²) in [5.41, 5.74) is 0. The summed E-state index contributed by atoms with van der Waals surface area (Å²) in [5.74, 6) is -1.67. The zero-order valence-corrected chi connectivity index (χ0v) is 11.5. The highest BCUT2D eigenvalue weighted by atomic mass is 19.2. The molecule has 0 saturated carbocycles. The number of ether oxygens (including phenoxy) is 2. The van der Waals surface area contributed by atoms with Crippen LogP contribution in [0.2, 0.25) is 0 Å². The third-order valence-corrected chi connectivity index (χ3v) is 3.06. The van der Waals surface area contributed by atoms with Crippen molar-refractivity contribution in [3.05, 3.63) is 29.8 Å². The van der Waals surface area contributed by atoms with E-state index in [0.717, 1.165) is 31.6 Å². The predicted molar refractivity (Wildman–Crippen MR) is 72.2 cm³/mol. The molecule has 2 rings (SSSR count). The van der Waals surface area contributed by atoms with Gasteiger partial charge in [-0.05, 0) is 25.0 Å². The molecule has 2 amide bonds. The first-order chi connectivity index (χ1) is 10.1. The van der Waals surface area contributed by atoms with Gasteiger partial charge in [-0.15, -0.1) is 0 Å². The lowest BCUT2D eigenvalue weighted by Gasteiger charge is -2.12. The minimum atomic E-state index is -0.963. The second kappa shape index (κ2) is 7.78. The summed E-state index contributed by atoms with van der Waals surface area (Å²) < 4.78 is 36.2. The van der Waals surface area contributed by atoms with Crippen LogP contribution in [-0.2, 0) is 4.74 Å². The molecule has 2 N–H and O–H groups in total. The highest BCUT2D eigenvalue weighted by molar-refractivity contribution is 5.73. The predicted octanol–water partition coefficient (Wildman–Crippen LogP) is 1.82. The Hall–Kier alpha value is -1.89. The van der Waals surface area contributed by atoms with Crippen molar-refractivity contribution in [3.63, 3.8) is 0 Å². The Morgan fingerprint density at radius 3 is 2.90 bits per heavy atom. The van der Waals surface area contributed by atoms with Crippen LogP contribution in [0.15, 0.2) is 18.2 Å². The van der Waals surface area contributed by atoms with E-state index >= 15 is 0 Å². The molecule has 1 aliphatic rings. The molecule has 116 valence electrons. The molecule has 5 nitrogen and oxygen atoms in total. The van der Waals surface area contributed by atoms with E-state index in [1.165, 1.54) is 6.07 Å². The highest BCUT2D eigenvalue weighted by Gasteiger charge is 2.15. The molecule has 1 aromatic rings. The number of carbonyl (C=O) groups is 1. The Morgan fingerprint density at radius 2 is 2.19 bits per heavy atom. The summed E-state index contributed by atoms with van der Waals surface area (Å²) in [6.45, 7) is 1.65. The fourth-order valence-corrected chi connectivity index (χ4v) is 1.97. The molecule has 21 heavy (non-hydrogen) atoms. The Bertz CT molecular complexity index is 479. The second-order valence-electron chi connectivity index (χ2n) is 4.70. The van der Waals surface area contributed by atoms with Crippen molar-refractivity contribution in [3.8, 4) is 5.75 Å². The highest BCUT2D eigenvalue weighted by Crippen LogP contribution is 2.15. The van der Waals surface area contributed by atoms with Gasteiger partial charge in [0.05, 0.1) is 12.6 Å². The summed E-state index contributed by atoms with van der Waals surface area (Å²) in [6, 6.07) is 2.98. The first kappa shape index (κ1) is 15.5. The maximum absolute atomic E-state index is 12.9. The molecule has 1 heterocycles. The average Bonchev–Trinajstić information content (AvgIpc) is 2.98. The first-order valence-electron chi connectivity index (χ1n) is 6.86. The molecule has 0 bridgehead atoms. The monoisotopic (exact) mass is 300 g/mol. The van der Waals surface area contributed by atoms with Gasteiger partial charge in [-0.1, -0.05) is 0 Å². The minimum absolute atomic E-state index is 0.0918. The van der Waals surface area contributed by atoms with Gasteiger partial charge in [0.2, 0.25) is 0 Å². The van der Waals surface area contributed by atoms with Crippen molar-refractivity contribution in [1.82, 2.24) is 10.6 Å². The van der Waals surface area contributed by atoms with E-state index in [2.05, 4.69) is 10.6 Å². The number of amides is 2. The minimum Gasteiger partial charge on any atom is -0.492 e. The molecule has 0 unspecified atom stereocenters. The molecular weight excluding hydrogens is 282 g/mol. The fourth-order valence-electron chi connectivity index (χ4n) is 1.97. The average molecular weight is 300 g/mol. The van der Waals surface area contributed by atoms with Gasteiger partial charge in [-0.25, -0.2) is 13.6 Å². The summed E-state index contributed by atoms with van der Waals surface area (Å²) in [7, 11) is 0. The van der Waals surface area contributed by atoms with Crippen LogP contribution in [0.25, 0.3) is 0 Å². The van der Waals surface area contributed by atoms with Crippen LogP contribution in [0, 0.1) is 11.6 Å². The summed E-state index contributed by atoms with van der Waals surface area (Å²) in [5, 5.41) is 5.30. The number of benzene rings is 1. The molecule has 0 radical (unpaired) electrons. The summed E-state index contributed by atoms with van der Waals surface area (Å²) >= 11 is 0. The fraction of sp³-hybridized carbons (Fsp3) is 0.500. The SMILES string of the molecule is O=C(NCCOc1ccc(F)c(F)c1)NC[C@H]1CCCO1. The molecule has 7 heteroatoms. The lowest BCUT2D eigenvalue weighted by molar-refractivity contribution is 0.111. The van der Waals surface area contributed by atoms with Crippen LogP contribution in [0.5, 0.6) is 5.75 Å². The molecular formula is C14H18F2N2O3. The Labute approximate surface area is 121 Å². The van der Waals surface area contributed by atoms with Crippen LogP contribution in [-0.4, -0.2) is 38.4 Å². The van der Waals surface area contributed by atoms with E-state index in [0.29, 0.717) is 6.54 Å². The van der Waals surface area contributed by atoms with Gasteiger partial charge < -0.3 is 20.1 Å². The lowest BCUT2D eigenvalue weighted by Crippen LogP contribution is -2.41. The van der Waals surface area contributed by atoms with Crippen LogP contribution >= 0.6 is 0 Å². The van der Waals surface area contributed by atoms with Gasteiger partial charge in [-0.2, -0.15) is 0 Å². The molecule has 0 aromatic heterocycles. The molecule has 0 spiro atoms. The number of halogens is 2. The number of hydrogen-bond donors (Lipinski definition) is 2. The van der Waals surface area contributed by atoms with Gasteiger partial charge in [0.15, 0.2) is 11.6 Å². The van der Waals surface area contributed by atoms with Crippen molar-refractivity contribution in [2.45, 2.75) is 18.9 Å². The number of hydrogen-bond acceptors (Lipinski definition) is 3. The molecule has 1 saturated heterocycles. The van der Waals surface area contributed by atoms with Gasteiger partial charge in [-0.3, -0.25) is 0 Å². The smallest absolute Gasteiger partial charge is 0.315 e. The standard InChI is InChI=1S/C14H18F2N2O3/c15-12-4-3-10(8-13(12)16)21-7-5-17-14(19)18-9-11-2-1-6-20-11/h3-4,8,11H,1-2,5-7,9H2,(H2,17,18,19)/t11-/m1/s1. The number of carbonyl (C=O) groups excluding carboxylic acids is 1. The van der Waals surface area contributed by atoms with Crippen LogP contribution in [0.1, 0.15) is 12.8 Å². The van der Waals surface area contributed by atoms with E-state index in [1.54, 1.807) is 0 Å². The topological polar surface area (TPSA) is 59.6 Å². The van der Waals surface area contributed by atoms with Crippen molar-refractivity contribution in [2.24, 2.45) is 0 Å². The van der Waals surface area contributed by atoms with Crippen LogP contribution in [0.3, 0.4) is 0 Å². The van der Waals surface area contributed by atoms with Crippen molar-refractivity contribution in [1.29, 1.82) is 0 Å².